The topological polar surface area (TPSA) is 43.8 Å². The van der Waals surface area contributed by atoms with Crippen molar-refractivity contribution in [3.05, 3.63) is 135 Å². The van der Waals surface area contributed by atoms with Crippen molar-refractivity contribution in [3.63, 3.8) is 0 Å². The van der Waals surface area contributed by atoms with Crippen LogP contribution < -0.4 is 0 Å². The summed E-state index contributed by atoms with van der Waals surface area (Å²) < 4.78 is 0. The number of rotatable bonds is 6. The molecule has 0 spiro atoms. The molecule has 0 radical (unpaired) electrons. The summed E-state index contributed by atoms with van der Waals surface area (Å²) >= 11 is 6.77. The third-order valence-electron chi connectivity index (χ3n) is 8.39. The molecule has 1 amide bonds. The minimum absolute atomic E-state index is 0.0653. The number of fused-ring (bicyclic) bond motifs is 2. The Bertz CT molecular complexity index is 1480. The monoisotopic (exact) mass is 536 g/mol. The molecule has 0 saturated heterocycles. The Kier molecular flexibility index (Phi) is 7.16. The molecule has 6 rings (SSSR count). The molecule has 1 heterocycles. The molecule has 2 atom stereocenters. The maximum Gasteiger partial charge on any atom is 0.240 e. The second kappa shape index (κ2) is 10.9. The Labute approximate surface area is 235 Å². The number of amides is 1. The van der Waals surface area contributed by atoms with Gasteiger partial charge in [-0.2, -0.15) is 0 Å². The van der Waals surface area contributed by atoms with Crippen LogP contribution >= 0.6 is 11.6 Å². The van der Waals surface area contributed by atoms with Gasteiger partial charge in [0.05, 0.1) is 12.1 Å². The van der Waals surface area contributed by atoms with Gasteiger partial charge in [-0.15, -0.1) is 0 Å². The highest BCUT2D eigenvalue weighted by atomic mass is 35.5. The first-order valence-electron chi connectivity index (χ1n) is 13.7. The molecule has 1 aliphatic carbocycles. The predicted octanol–water partition coefficient (Wildman–Crippen LogP) is 6.58. The molecule has 4 aromatic carbocycles. The van der Waals surface area contributed by atoms with Crippen molar-refractivity contribution in [2.75, 3.05) is 6.54 Å². The molecule has 0 fully saturated rings. The van der Waals surface area contributed by atoms with E-state index in [2.05, 4.69) is 59.5 Å². The third kappa shape index (κ3) is 5.07. The Hall–Kier alpha value is -3.60. The molecule has 1 N–H and O–H groups in total. The van der Waals surface area contributed by atoms with Crippen molar-refractivity contribution in [3.8, 4) is 5.75 Å². The normalized spacial score (nSPS) is 17.8. The summed E-state index contributed by atoms with van der Waals surface area (Å²) in [5, 5.41) is 10.9. The van der Waals surface area contributed by atoms with Crippen molar-refractivity contribution in [1.29, 1.82) is 0 Å². The summed E-state index contributed by atoms with van der Waals surface area (Å²) in [6.07, 6.45) is 2.56. The van der Waals surface area contributed by atoms with Crippen LogP contribution in [0.5, 0.6) is 5.75 Å². The molecule has 39 heavy (non-hydrogen) atoms. The average molecular weight is 537 g/mol. The second-order valence-electron chi connectivity index (χ2n) is 10.8. The summed E-state index contributed by atoms with van der Waals surface area (Å²) in [6, 6.07) is 31.8. The van der Waals surface area contributed by atoms with Gasteiger partial charge in [-0.25, -0.2) is 0 Å². The van der Waals surface area contributed by atoms with E-state index in [4.69, 9.17) is 11.6 Å². The third-order valence-corrected chi connectivity index (χ3v) is 8.74. The van der Waals surface area contributed by atoms with Crippen molar-refractivity contribution < 1.29 is 9.90 Å². The van der Waals surface area contributed by atoms with Crippen LogP contribution in [0.25, 0.3) is 0 Å². The molecule has 5 heteroatoms. The molecular weight excluding hydrogens is 504 g/mol. The van der Waals surface area contributed by atoms with Crippen LogP contribution in [-0.4, -0.2) is 39.4 Å². The van der Waals surface area contributed by atoms with E-state index in [0.29, 0.717) is 11.6 Å². The molecule has 0 bridgehead atoms. The Morgan fingerprint density at radius 1 is 0.897 bits per heavy atom. The maximum atomic E-state index is 14.5. The van der Waals surface area contributed by atoms with Crippen LogP contribution in [0.3, 0.4) is 0 Å². The van der Waals surface area contributed by atoms with Crippen LogP contribution in [-0.2, 0) is 30.6 Å². The standard InChI is InChI=1S/C34H33ClN2O2/c1-23(36-18-17-25-10-4-5-14-30(25)33(36)31-15-6-7-16-32(31)35)34(39)37(22-24-9-8-13-29(38)19-24)28-20-26-11-2-3-12-27(26)21-28/h2-16,19,23,28,33,38H,17-18,20-22H2,1H3/t23-,33+/m0/s1. The number of hydrogen-bond donors (Lipinski definition) is 1. The zero-order chi connectivity index (χ0) is 26.9. The zero-order valence-electron chi connectivity index (χ0n) is 22.1. The van der Waals surface area contributed by atoms with Gasteiger partial charge >= 0.3 is 0 Å². The average Bonchev–Trinajstić information content (AvgIpc) is 3.39. The SMILES string of the molecule is C[C@@H](C(=O)N(Cc1cccc(O)c1)C1Cc2ccccc2C1)N1CCc2ccccc2[C@@H]1c1ccccc1Cl. The first-order valence-corrected chi connectivity index (χ1v) is 14.1. The quantitative estimate of drug-likeness (QED) is 0.303. The summed E-state index contributed by atoms with van der Waals surface area (Å²) in [6.45, 7) is 3.26. The number of nitrogens with zero attached hydrogens (tertiary/aromatic N) is 2. The van der Waals surface area contributed by atoms with Gasteiger partial charge in [-0.3, -0.25) is 9.69 Å². The van der Waals surface area contributed by atoms with Gasteiger partial charge in [0.1, 0.15) is 5.75 Å². The zero-order valence-corrected chi connectivity index (χ0v) is 22.9. The van der Waals surface area contributed by atoms with Crippen molar-refractivity contribution in [2.24, 2.45) is 0 Å². The van der Waals surface area contributed by atoms with Crippen LogP contribution in [0, 0.1) is 0 Å². The van der Waals surface area contributed by atoms with Crippen LogP contribution in [0.15, 0.2) is 97.1 Å². The first-order chi connectivity index (χ1) is 19.0. The van der Waals surface area contributed by atoms with Crippen LogP contribution in [0.1, 0.15) is 46.3 Å². The van der Waals surface area contributed by atoms with Gasteiger partial charge in [-0.05, 0) is 77.8 Å². The highest BCUT2D eigenvalue weighted by Gasteiger charge is 2.39. The molecule has 0 aromatic heterocycles. The molecule has 1 aliphatic heterocycles. The molecule has 0 saturated carbocycles. The summed E-state index contributed by atoms with van der Waals surface area (Å²) in [4.78, 5) is 18.9. The smallest absolute Gasteiger partial charge is 0.240 e. The van der Waals surface area contributed by atoms with E-state index in [1.807, 2.05) is 42.2 Å². The van der Waals surface area contributed by atoms with Gasteiger partial charge < -0.3 is 10.0 Å². The van der Waals surface area contributed by atoms with E-state index in [0.717, 1.165) is 36.9 Å². The van der Waals surface area contributed by atoms with E-state index >= 15 is 0 Å². The fourth-order valence-electron chi connectivity index (χ4n) is 6.42. The van der Waals surface area contributed by atoms with Gasteiger partial charge in [0.15, 0.2) is 0 Å². The Morgan fingerprint density at radius 3 is 2.23 bits per heavy atom. The van der Waals surface area contributed by atoms with Gasteiger partial charge in [0.2, 0.25) is 5.91 Å². The molecule has 2 aliphatic rings. The molecular formula is C34H33ClN2O2. The number of carbonyl (C=O) groups is 1. The number of halogens is 1. The minimum Gasteiger partial charge on any atom is -0.508 e. The first kappa shape index (κ1) is 25.7. The fourth-order valence-corrected chi connectivity index (χ4v) is 6.66. The fraction of sp³-hybridized carbons (Fsp3) is 0.265. The molecule has 4 aromatic rings. The van der Waals surface area contributed by atoms with E-state index in [1.54, 1.807) is 12.1 Å². The van der Waals surface area contributed by atoms with Gasteiger partial charge in [0.25, 0.3) is 0 Å². The molecule has 4 nitrogen and oxygen atoms in total. The van der Waals surface area contributed by atoms with Crippen LogP contribution in [0.2, 0.25) is 5.02 Å². The van der Waals surface area contributed by atoms with Gasteiger partial charge in [-0.1, -0.05) is 90.5 Å². The second-order valence-corrected chi connectivity index (χ2v) is 11.2. The maximum absolute atomic E-state index is 14.5. The lowest BCUT2D eigenvalue weighted by Crippen LogP contribution is -2.53. The van der Waals surface area contributed by atoms with E-state index in [-0.39, 0.29) is 29.8 Å². The Morgan fingerprint density at radius 2 is 1.54 bits per heavy atom. The van der Waals surface area contributed by atoms with Crippen molar-refractivity contribution in [2.45, 2.75) is 50.9 Å². The minimum atomic E-state index is -0.361. The summed E-state index contributed by atoms with van der Waals surface area (Å²) in [7, 11) is 0. The van der Waals surface area contributed by atoms with Crippen LogP contribution in [0.4, 0.5) is 0 Å². The molecule has 0 unspecified atom stereocenters. The lowest BCUT2D eigenvalue weighted by Gasteiger charge is -2.43. The number of carbonyl (C=O) groups excluding carboxylic acids is 1. The lowest BCUT2D eigenvalue weighted by molar-refractivity contribution is -0.140. The van der Waals surface area contributed by atoms with Crippen molar-refractivity contribution >= 4 is 17.5 Å². The summed E-state index contributed by atoms with van der Waals surface area (Å²) in [5.41, 5.74) is 7.09. The Balaban J connectivity index is 1.36. The summed E-state index contributed by atoms with van der Waals surface area (Å²) in [5.74, 6) is 0.321. The predicted molar refractivity (Wildman–Crippen MR) is 156 cm³/mol. The van der Waals surface area contributed by atoms with Gasteiger partial charge in [0, 0.05) is 24.2 Å². The van der Waals surface area contributed by atoms with E-state index in [1.165, 1.54) is 22.3 Å². The number of phenols is 1. The molecule has 198 valence electrons. The number of phenolic OH excluding ortho intramolecular Hbond substituents is 1. The number of hydrogen-bond acceptors (Lipinski definition) is 3. The number of benzene rings is 4. The van der Waals surface area contributed by atoms with Crippen molar-refractivity contribution in [1.82, 2.24) is 9.80 Å². The van der Waals surface area contributed by atoms with E-state index in [9.17, 15) is 9.90 Å². The number of aromatic hydroxyl groups is 1. The lowest BCUT2D eigenvalue weighted by atomic mass is 9.87. The highest BCUT2D eigenvalue weighted by Crippen LogP contribution is 2.40. The van der Waals surface area contributed by atoms with E-state index < -0.39 is 0 Å². The largest absolute Gasteiger partial charge is 0.508 e. The highest BCUT2D eigenvalue weighted by molar-refractivity contribution is 6.31.